The van der Waals surface area contributed by atoms with E-state index in [4.69, 9.17) is 11.6 Å². The molecule has 21 heavy (non-hydrogen) atoms. The van der Waals surface area contributed by atoms with Crippen LogP contribution in [0.2, 0.25) is 5.02 Å². The highest BCUT2D eigenvalue weighted by molar-refractivity contribution is 6.30. The highest BCUT2D eigenvalue weighted by Gasteiger charge is 2.69. The van der Waals surface area contributed by atoms with Crippen molar-refractivity contribution < 1.29 is 32.2 Å². The summed E-state index contributed by atoms with van der Waals surface area (Å²) in [5.74, 6) is -1.73. The van der Waals surface area contributed by atoms with Gasteiger partial charge >= 0.3 is 23.8 Å². The number of benzene rings is 1. The van der Waals surface area contributed by atoms with Crippen LogP contribution in [0.3, 0.4) is 0 Å². The molecule has 114 valence electrons. The number of esters is 1. The number of nitrogens with one attached hydrogen (secondary N) is 1. The Bertz CT molecular complexity index is 605. The van der Waals surface area contributed by atoms with E-state index in [1.54, 1.807) is 0 Å². The number of carbonyl (C=O) groups excluding carboxylic acids is 2. The van der Waals surface area contributed by atoms with Gasteiger partial charge in [-0.15, -0.1) is 0 Å². The van der Waals surface area contributed by atoms with Crippen LogP contribution in [0, 0.1) is 0 Å². The van der Waals surface area contributed by atoms with Crippen LogP contribution in [0.5, 0.6) is 0 Å². The molecule has 0 saturated heterocycles. The summed E-state index contributed by atoms with van der Waals surface area (Å²) in [6.07, 6.45) is -6.62. The standard InChI is InChI=1S/C12H9ClF3NO4/c1-2-20-9(18)11(12(14,15)16)7-5-6(13)3-4-8(7)17-10(19)21-11/h3-5H,2H2,1H3,(H,17,19). The fourth-order valence-electron chi connectivity index (χ4n) is 1.96. The molecule has 0 aliphatic carbocycles. The molecular weight excluding hydrogens is 315 g/mol. The summed E-state index contributed by atoms with van der Waals surface area (Å²) in [7, 11) is 0. The minimum absolute atomic E-state index is 0.0496. The first-order valence-corrected chi connectivity index (χ1v) is 6.14. The number of anilines is 1. The van der Waals surface area contributed by atoms with Gasteiger partial charge in [-0.05, 0) is 25.1 Å². The number of fused-ring (bicyclic) bond motifs is 1. The SMILES string of the molecule is CCOC(=O)C1(C(F)(F)F)OC(=O)Nc2ccc(Cl)cc21. The first-order valence-electron chi connectivity index (χ1n) is 5.76. The summed E-state index contributed by atoms with van der Waals surface area (Å²) >= 11 is 5.68. The Morgan fingerprint density at radius 3 is 2.71 bits per heavy atom. The Kier molecular flexibility index (Phi) is 3.75. The lowest BCUT2D eigenvalue weighted by molar-refractivity contribution is -0.266. The Balaban J connectivity index is 2.74. The molecule has 1 unspecified atom stereocenters. The van der Waals surface area contributed by atoms with Gasteiger partial charge in [-0.1, -0.05) is 11.6 Å². The average molecular weight is 324 g/mol. The summed E-state index contributed by atoms with van der Waals surface area (Å²) in [5.41, 5.74) is -4.38. The van der Waals surface area contributed by atoms with E-state index >= 15 is 0 Å². The number of hydrogen-bond donors (Lipinski definition) is 1. The number of hydrogen-bond acceptors (Lipinski definition) is 4. The number of carbonyl (C=O) groups is 2. The van der Waals surface area contributed by atoms with Gasteiger partial charge in [0.1, 0.15) is 0 Å². The minimum atomic E-state index is -5.21. The fraction of sp³-hybridized carbons (Fsp3) is 0.333. The third-order valence-corrected chi connectivity index (χ3v) is 3.04. The summed E-state index contributed by atoms with van der Waals surface area (Å²) in [4.78, 5) is 23.3. The molecule has 1 aliphatic heterocycles. The normalized spacial score (nSPS) is 21.1. The van der Waals surface area contributed by atoms with E-state index in [0.29, 0.717) is 0 Å². The van der Waals surface area contributed by atoms with E-state index in [2.05, 4.69) is 14.8 Å². The fourth-order valence-corrected chi connectivity index (χ4v) is 2.13. The van der Waals surface area contributed by atoms with Crippen molar-refractivity contribution >= 4 is 29.4 Å². The van der Waals surface area contributed by atoms with Crippen molar-refractivity contribution in [1.82, 2.24) is 0 Å². The van der Waals surface area contributed by atoms with Crippen LogP contribution < -0.4 is 5.32 Å². The van der Waals surface area contributed by atoms with Crippen molar-refractivity contribution in [2.24, 2.45) is 0 Å². The van der Waals surface area contributed by atoms with E-state index in [1.165, 1.54) is 13.0 Å². The van der Waals surface area contributed by atoms with Crippen molar-refractivity contribution in [3.8, 4) is 0 Å². The van der Waals surface area contributed by atoms with Crippen LogP contribution >= 0.6 is 11.6 Å². The minimum Gasteiger partial charge on any atom is -0.462 e. The maximum absolute atomic E-state index is 13.5. The maximum Gasteiger partial charge on any atom is 0.444 e. The molecular formula is C12H9ClF3NO4. The third-order valence-electron chi connectivity index (χ3n) is 2.81. The van der Waals surface area contributed by atoms with E-state index in [1.807, 2.05) is 0 Å². The van der Waals surface area contributed by atoms with Gasteiger partial charge in [0.25, 0.3) is 0 Å². The number of halogens is 4. The largest absolute Gasteiger partial charge is 0.462 e. The first-order chi connectivity index (χ1) is 9.72. The van der Waals surface area contributed by atoms with Gasteiger partial charge in [-0.25, -0.2) is 9.59 Å². The lowest BCUT2D eigenvalue weighted by atomic mass is 9.90. The van der Waals surface area contributed by atoms with Gasteiger partial charge in [0, 0.05) is 10.6 Å². The van der Waals surface area contributed by atoms with Crippen molar-refractivity contribution in [2.75, 3.05) is 11.9 Å². The van der Waals surface area contributed by atoms with Crippen molar-refractivity contribution in [3.63, 3.8) is 0 Å². The number of ether oxygens (including phenoxy) is 2. The molecule has 0 saturated carbocycles. The second-order valence-electron chi connectivity index (χ2n) is 4.10. The van der Waals surface area contributed by atoms with Crippen LogP contribution in [-0.4, -0.2) is 24.8 Å². The molecule has 1 atom stereocenters. The van der Waals surface area contributed by atoms with E-state index in [9.17, 15) is 22.8 Å². The number of alkyl halides is 3. The van der Waals surface area contributed by atoms with Crippen LogP contribution in [0.25, 0.3) is 0 Å². The molecule has 0 fully saturated rings. The second-order valence-corrected chi connectivity index (χ2v) is 4.54. The van der Waals surface area contributed by atoms with E-state index in [0.717, 1.165) is 12.1 Å². The summed E-state index contributed by atoms with van der Waals surface area (Å²) in [5, 5.41) is 2.03. The maximum atomic E-state index is 13.5. The molecule has 1 amide bonds. The Morgan fingerprint density at radius 2 is 2.14 bits per heavy atom. The van der Waals surface area contributed by atoms with Gasteiger partial charge in [0.05, 0.1) is 12.3 Å². The molecule has 0 radical (unpaired) electrons. The summed E-state index contributed by atoms with van der Waals surface area (Å²) < 4.78 is 49.3. The summed E-state index contributed by atoms with van der Waals surface area (Å²) in [6, 6.07) is 3.33. The zero-order valence-corrected chi connectivity index (χ0v) is 11.3. The van der Waals surface area contributed by atoms with Crippen LogP contribution in [0.15, 0.2) is 18.2 Å². The highest BCUT2D eigenvalue weighted by Crippen LogP contribution is 2.48. The second kappa shape index (κ2) is 5.10. The number of amides is 1. The lowest BCUT2D eigenvalue weighted by Crippen LogP contribution is -2.56. The Hall–Kier alpha value is -1.96. The topological polar surface area (TPSA) is 64.6 Å². The van der Waals surface area contributed by atoms with Gasteiger partial charge < -0.3 is 9.47 Å². The quantitative estimate of drug-likeness (QED) is 0.849. The first kappa shape index (κ1) is 15.4. The molecule has 0 bridgehead atoms. The molecule has 9 heteroatoms. The highest BCUT2D eigenvalue weighted by atomic mass is 35.5. The molecule has 0 aromatic heterocycles. The average Bonchev–Trinajstić information content (AvgIpc) is 2.37. The molecule has 1 heterocycles. The smallest absolute Gasteiger partial charge is 0.444 e. The molecule has 1 aromatic rings. The van der Waals surface area contributed by atoms with Crippen molar-refractivity contribution in [3.05, 3.63) is 28.8 Å². The van der Waals surface area contributed by atoms with Gasteiger partial charge in [-0.2, -0.15) is 13.2 Å². The molecule has 1 aliphatic rings. The summed E-state index contributed by atoms with van der Waals surface area (Å²) in [6.45, 7) is 1.03. The van der Waals surface area contributed by atoms with Crippen LogP contribution in [0.4, 0.5) is 23.7 Å². The Morgan fingerprint density at radius 1 is 1.48 bits per heavy atom. The monoisotopic (exact) mass is 323 g/mol. The predicted molar refractivity (Wildman–Crippen MR) is 65.9 cm³/mol. The zero-order valence-electron chi connectivity index (χ0n) is 10.6. The van der Waals surface area contributed by atoms with Gasteiger partial charge in [-0.3, -0.25) is 5.32 Å². The van der Waals surface area contributed by atoms with Crippen molar-refractivity contribution in [1.29, 1.82) is 0 Å². The molecule has 1 N–H and O–H groups in total. The van der Waals surface area contributed by atoms with E-state index < -0.39 is 29.4 Å². The Labute approximate surface area is 122 Å². The molecule has 0 spiro atoms. The lowest BCUT2D eigenvalue weighted by Gasteiger charge is -2.37. The van der Waals surface area contributed by atoms with Crippen LogP contribution in [0.1, 0.15) is 12.5 Å². The van der Waals surface area contributed by atoms with Crippen LogP contribution in [-0.2, 0) is 19.9 Å². The number of cyclic esters (lactones) is 1. The predicted octanol–water partition coefficient (Wildman–Crippen LogP) is 3.22. The third kappa shape index (κ3) is 2.39. The van der Waals surface area contributed by atoms with Gasteiger partial charge in [0.15, 0.2) is 0 Å². The molecule has 2 rings (SSSR count). The van der Waals surface area contributed by atoms with E-state index in [-0.39, 0.29) is 17.3 Å². The number of rotatable bonds is 2. The van der Waals surface area contributed by atoms with Crippen molar-refractivity contribution in [2.45, 2.75) is 18.7 Å². The van der Waals surface area contributed by atoms with Gasteiger partial charge in [0.2, 0.25) is 0 Å². The molecule has 1 aromatic carbocycles. The molecule has 5 nitrogen and oxygen atoms in total. The zero-order chi connectivity index (χ0) is 15.8.